The Morgan fingerprint density at radius 3 is 2.41 bits per heavy atom. The Hall–Kier alpha value is -4.05. The second-order valence-corrected chi connectivity index (χ2v) is 9.02. The number of rotatable bonds is 7. The van der Waals surface area contributed by atoms with Crippen LogP contribution in [0.1, 0.15) is 16.8 Å². The molecule has 0 radical (unpaired) electrons. The molecule has 9 nitrogen and oxygen atoms in total. The van der Waals surface area contributed by atoms with Crippen LogP contribution in [0.25, 0.3) is 0 Å². The van der Waals surface area contributed by atoms with Crippen molar-refractivity contribution in [2.75, 3.05) is 29.9 Å². The van der Waals surface area contributed by atoms with Gasteiger partial charge in [0.15, 0.2) is 18.1 Å². The lowest BCUT2D eigenvalue weighted by Gasteiger charge is -2.11. The minimum atomic E-state index is -3.81. The zero-order chi connectivity index (χ0) is 24.0. The van der Waals surface area contributed by atoms with Gasteiger partial charge in [0.25, 0.3) is 15.9 Å². The highest BCUT2D eigenvalue weighted by molar-refractivity contribution is 7.92. The number of benzene rings is 3. The fraction of sp³-hybridized carbons (Fsp3) is 0.167. The van der Waals surface area contributed by atoms with E-state index in [4.69, 9.17) is 14.2 Å². The maximum atomic E-state index is 12.5. The average Bonchev–Trinajstić information content (AvgIpc) is 3.08. The number of anilines is 2. The summed E-state index contributed by atoms with van der Waals surface area (Å²) < 4.78 is 43.6. The Morgan fingerprint density at radius 1 is 0.853 bits per heavy atom. The molecule has 10 heteroatoms. The van der Waals surface area contributed by atoms with E-state index in [9.17, 15) is 18.0 Å². The van der Waals surface area contributed by atoms with Crippen molar-refractivity contribution >= 4 is 33.3 Å². The monoisotopic (exact) mass is 482 g/mol. The lowest BCUT2D eigenvalue weighted by molar-refractivity contribution is -0.119. The van der Waals surface area contributed by atoms with Crippen molar-refractivity contribution in [1.82, 2.24) is 0 Å². The van der Waals surface area contributed by atoms with E-state index in [1.807, 2.05) is 0 Å². The molecule has 176 valence electrons. The maximum Gasteiger partial charge on any atom is 0.338 e. The van der Waals surface area contributed by atoms with Crippen LogP contribution < -0.4 is 19.5 Å². The number of carbonyl (C=O) groups excluding carboxylic acids is 2. The number of hydrogen-bond acceptors (Lipinski definition) is 7. The summed E-state index contributed by atoms with van der Waals surface area (Å²) in [7, 11) is -3.81. The highest BCUT2D eigenvalue weighted by atomic mass is 32.2. The predicted octanol–water partition coefficient (Wildman–Crippen LogP) is 3.44. The molecular weight excluding hydrogens is 460 g/mol. The van der Waals surface area contributed by atoms with Gasteiger partial charge in [-0.25, -0.2) is 13.2 Å². The molecule has 2 N–H and O–H groups in total. The quantitative estimate of drug-likeness (QED) is 0.495. The molecular formula is C24H22N2O7S. The van der Waals surface area contributed by atoms with Gasteiger partial charge in [0.05, 0.1) is 23.7 Å². The summed E-state index contributed by atoms with van der Waals surface area (Å²) in [5.41, 5.74) is 0.759. The maximum absolute atomic E-state index is 12.5. The van der Waals surface area contributed by atoms with Gasteiger partial charge in [-0.05, 0) is 42.5 Å². The van der Waals surface area contributed by atoms with Crippen molar-refractivity contribution in [2.24, 2.45) is 0 Å². The van der Waals surface area contributed by atoms with Crippen LogP contribution in [0.15, 0.2) is 77.7 Å². The number of amides is 1. The summed E-state index contributed by atoms with van der Waals surface area (Å²) in [4.78, 5) is 24.7. The summed E-state index contributed by atoms with van der Waals surface area (Å²) in [5.74, 6) is -0.176. The molecule has 0 aliphatic carbocycles. The van der Waals surface area contributed by atoms with Gasteiger partial charge in [0.1, 0.15) is 0 Å². The lowest BCUT2D eigenvalue weighted by atomic mass is 10.2. The second kappa shape index (κ2) is 10.3. The van der Waals surface area contributed by atoms with Crippen LogP contribution in [-0.4, -0.2) is 40.1 Å². The first-order valence-electron chi connectivity index (χ1n) is 10.5. The number of sulfonamides is 1. The number of esters is 1. The van der Waals surface area contributed by atoms with Crippen LogP contribution in [0.3, 0.4) is 0 Å². The smallest absolute Gasteiger partial charge is 0.338 e. The van der Waals surface area contributed by atoms with Crippen LogP contribution in [-0.2, 0) is 19.6 Å². The largest absolute Gasteiger partial charge is 0.490 e. The predicted molar refractivity (Wildman–Crippen MR) is 125 cm³/mol. The topological polar surface area (TPSA) is 120 Å². The van der Waals surface area contributed by atoms with E-state index in [2.05, 4.69) is 10.0 Å². The van der Waals surface area contributed by atoms with Crippen LogP contribution in [0, 0.1) is 0 Å². The molecule has 0 atom stereocenters. The summed E-state index contributed by atoms with van der Waals surface area (Å²) in [6, 6.07) is 18.7. The van der Waals surface area contributed by atoms with Crippen molar-refractivity contribution in [2.45, 2.75) is 11.3 Å². The van der Waals surface area contributed by atoms with E-state index < -0.39 is 28.5 Å². The van der Waals surface area contributed by atoms with Gasteiger partial charge in [0, 0.05) is 23.9 Å². The molecule has 0 saturated heterocycles. The van der Waals surface area contributed by atoms with E-state index in [-0.39, 0.29) is 16.1 Å². The number of ether oxygens (including phenoxy) is 3. The molecule has 4 rings (SSSR count). The summed E-state index contributed by atoms with van der Waals surface area (Å²) in [6.45, 7) is 0.555. The first-order chi connectivity index (χ1) is 16.4. The van der Waals surface area contributed by atoms with Crippen molar-refractivity contribution in [3.05, 3.63) is 78.4 Å². The average molecular weight is 483 g/mol. The van der Waals surface area contributed by atoms with Crippen LogP contribution in [0.2, 0.25) is 0 Å². The standard InChI is InChI=1S/C24H22N2O7S/c27-23(25-18-10-11-21-22(15-18)32-13-5-12-31-21)16-33-24(28)17-6-4-7-19(14-17)26-34(29,30)20-8-2-1-3-9-20/h1-4,6-11,14-15,26H,5,12-13,16H2,(H,25,27). The molecule has 1 aliphatic rings. The Bertz CT molecular complexity index is 1290. The molecule has 0 saturated carbocycles. The normalized spacial score (nSPS) is 12.8. The Kier molecular flexibility index (Phi) is 6.98. The fourth-order valence-electron chi connectivity index (χ4n) is 3.18. The van der Waals surface area contributed by atoms with Gasteiger partial charge in [-0.3, -0.25) is 9.52 Å². The van der Waals surface area contributed by atoms with E-state index in [0.717, 1.165) is 6.42 Å². The van der Waals surface area contributed by atoms with E-state index >= 15 is 0 Å². The Morgan fingerprint density at radius 2 is 1.62 bits per heavy atom. The second-order valence-electron chi connectivity index (χ2n) is 7.34. The zero-order valence-electron chi connectivity index (χ0n) is 18.0. The molecule has 0 spiro atoms. The van der Waals surface area contributed by atoms with Gasteiger partial charge in [-0.1, -0.05) is 24.3 Å². The van der Waals surface area contributed by atoms with Gasteiger partial charge in [-0.15, -0.1) is 0 Å². The SMILES string of the molecule is O=C(COC(=O)c1cccc(NS(=O)(=O)c2ccccc2)c1)Nc1ccc2c(c1)OCCCO2. The summed E-state index contributed by atoms with van der Waals surface area (Å²) >= 11 is 0. The minimum Gasteiger partial charge on any atom is -0.490 e. The van der Waals surface area contributed by atoms with Crippen LogP contribution in [0.4, 0.5) is 11.4 Å². The molecule has 0 bridgehead atoms. The lowest BCUT2D eigenvalue weighted by Crippen LogP contribution is -2.21. The molecule has 1 amide bonds. The zero-order valence-corrected chi connectivity index (χ0v) is 18.8. The van der Waals surface area contributed by atoms with Crippen molar-refractivity contribution < 1.29 is 32.2 Å². The third-order valence-electron chi connectivity index (χ3n) is 4.77. The molecule has 0 aromatic heterocycles. The van der Waals surface area contributed by atoms with Crippen molar-refractivity contribution in [3.63, 3.8) is 0 Å². The summed E-state index contributed by atoms with van der Waals surface area (Å²) in [6.07, 6.45) is 0.765. The van der Waals surface area contributed by atoms with E-state index in [1.54, 1.807) is 36.4 Å². The third kappa shape index (κ3) is 5.84. The first kappa shape index (κ1) is 23.1. The third-order valence-corrected chi connectivity index (χ3v) is 6.17. The number of fused-ring (bicyclic) bond motifs is 1. The number of hydrogen-bond donors (Lipinski definition) is 2. The molecule has 3 aromatic carbocycles. The van der Waals surface area contributed by atoms with Crippen molar-refractivity contribution in [1.29, 1.82) is 0 Å². The Labute approximate surface area is 196 Å². The van der Waals surface area contributed by atoms with Crippen molar-refractivity contribution in [3.8, 4) is 11.5 Å². The van der Waals surface area contributed by atoms with Gasteiger partial charge in [-0.2, -0.15) is 0 Å². The molecule has 34 heavy (non-hydrogen) atoms. The van der Waals surface area contributed by atoms with Gasteiger partial charge < -0.3 is 19.5 Å². The number of carbonyl (C=O) groups is 2. The highest BCUT2D eigenvalue weighted by Gasteiger charge is 2.16. The van der Waals surface area contributed by atoms with Crippen LogP contribution >= 0.6 is 0 Å². The molecule has 1 aliphatic heterocycles. The van der Waals surface area contributed by atoms with Crippen LogP contribution in [0.5, 0.6) is 11.5 Å². The highest BCUT2D eigenvalue weighted by Crippen LogP contribution is 2.32. The summed E-state index contributed by atoms with van der Waals surface area (Å²) in [5, 5.41) is 2.64. The first-order valence-corrected chi connectivity index (χ1v) is 11.9. The molecule has 1 heterocycles. The fourth-order valence-corrected chi connectivity index (χ4v) is 4.25. The van der Waals surface area contributed by atoms with Gasteiger partial charge in [0.2, 0.25) is 0 Å². The minimum absolute atomic E-state index is 0.0920. The molecule has 0 unspecified atom stereocenters. The molecule has 3 aromatic rings. The van der Waals surface area contributed by atoms with E-state index in [1.165, 1.54) is 36.4 Å². The molecule has 0 fully saturated rings. The number of nitrogens with one attached hydrogen (secondary N) is 2. The Balaban J connectivity index is 1.34. The van der Waals surface area contributed by atoms with Gasteiger partial charge >= 0.3 is 5.97 Å². The van der Waals surface area contributed by atoms with E-state index in [0.29, 0.717) is 30.4 Å².